The Morgan fingerprint density at radius 3 is 2.40 bits per heavy atom. The van der Waals surface area contributed by atoms with Crippen molar-refractivity contribution in [3.63, 3.8) is 0 Å². The Morgan fingerprint density at radius 1 is 1.32 bits per heavy atom. The van der Waals surface area contributed by atoms with Crippen LogP contribution in [0.4, 0.5) is 0 Å². The molecule has 1 rings (SSSR count). The highest BCUT2D eigenvalue weighted by Crippen LogP contribution is 2.32. The highest BCUT2D eigenvalue weighted by Gasteiger charge is 2.44. The van der Waals surface area contributed by atoms with Crippen molar-refractivity contribution in [3.8, 4) is 0 Å². The molecule has 0 spiro atoms. The van der Waals surface area contributed by atoms with Gasteiger partial charge in [0, 0.05) is 6.42 Å². The molecule has 13 heteroatoms. The van der Waals surface area contributed by atoms with E-state index in [1.807, 2.05) is 0 Å². The highest BCUT2D eigenvalue weighted by atomic mass is 32.3. The van der Waals surface area contributed by atoms with Gasteiger partial charge in [0.05, 0.1) is 12.2 Å². The van der Waals surface area contributed by atoms with E-state index in [0.717, 1.165) is 0 Å². The van der Waals surface area contributed by atoms with E-state index < -0.39 is 52.5 Å². The van der Waals surface area contributed by atoms with Crippen LogP contribution >= 0.6 is 11.8 Å². The van der Waals surface area contributed by atoms with Crippen molar-refractivity contribution in [2.75, 3.05) is 6.61 Å². The summed E-state index contributed by atoms with van der Waals surface area (Å²) in [7, 11) is -5.14. The Hall–Kier alpha value is -0.510. The molecule has 0 aromatic heterocycles. The summed E-state index contributed by atoms with van der Waals surface area (Å²) in [6.07, 6.45) is -5.96. The maximum atomic E-state index is 10.6. The molecule has 0 amide bonds. The van der Waals surface area contributed by atoms with Gasteiger partial charge >= 0.3 is 0 Å². The zero-order valence-electron chi connectivity index (χ0n) is 13.5. The average molecular weight is 404 g/mol. The summed E-state index contributed by atoms with van der Waals surface area (Å²) in [4.78, 5) is 0. The molecular weight excluding hydrogens is 382 g/mol. The van der Waals surface area contributed by atoms with Crippen molar-refractivity contribution >= 4 is 27.2 Å². The zero-order chi connectivity index (χ0) is 19.4. The van der Waals surface area contributed by atoms with Gasteiger partial charge in [0.1, 0.15) is 34.9 Å². The number of thioether (sulfide) groups is 1. The van der Waals surface area contributed by atoms with E-state index in [1.165, 1.54) is 6.92 Å². The molecule has 5 N–H and O–H groups in total. The highest BCUT2D eigenvalue weighted by molar-refractivity contribution is 8.14. The molecule has 1 unspecified atom stereocenters. The molecule has 25 heavy (non-hydrogen) atoms. The lowest BCUT2D eigenvalue weighted by atomic mass is 10.0. The first kappa shape index (κ1) is 22.5. The second-order valence-electron chi connectivity index (χ2n) is 5.81. The number of rotatable bonds is 7. The monoisotopic (exact) mass is 404 g/mol. The van der Waals surface area contributed by atoms with Crippen molar-refractivity contribution in [1.29, 1.82) is 0 Å². The molecule has 0 saturated carbocycles. The van der Waals surface area contributed by atoms with Crippen LogP contribution in [0.1, 0.15) is 26.7 Å². The summed E-state index contributed by atoms with van der Waals surface area (Å²) in [6.45, 7) is 2.44. The van der Waals surface area contributed by atoms with Crippen LogP contribution in [0.15, 0.2) is 5.16 Å². The number of hydrogen-bond acceptors (Lipinski definition) is 12. The van der Waals surface area contributed by atoms with E-state index in [9.17, 15) is 33.4 Å². The summed E-state index contributed by atoms with van der Waals surface area (Å²) in [5, 5.41) is 51.7. The van der Waals surface area contributed by atoms with Crippen molar-refractivity contribution < 1.29 is 47.5 Å². The smallest absolute Gasteiger partial charge is 0.284 e. The molecular formula is C12H22NO10S2-. The first-order valence-corrected chi connectivity index (χ1v) is 9.52. The normalized spacial score (nSPS) is 33.8. The first-order chi connectivity index (χ1) is 11.4. The van der Waals surface area contributed by atoms with E-state index in [0.29, 0.717) is 11.8 Å². The summed E-state index contributed by atoms with van der Waals surface area (Å²) in [6, 6.07) is 0. The molecule has 1 aliphatic rings. The van der Waals surface area contributed by atoms with Gasteiger partial charge in [0.25, 0.3) is 10.4 Å². The maximum absolute atomic E-state index is 10.6. The fraction of sp³-hybridized carbons (Fsp3) is 0.917. The van der Waals surface area contributed by atoms with Gasteiger partial charge in [-0.2, -0.15) is 8.42 Å². The number of aliphatic hydroxyl groups is 5. The lowest BCUT2D eigenvalue weighted by Crippen LogP contribution is -2.57. The molecule has 0 aromatic carbocycles. The minimum atomic E-state index is -5.14. The molecule has 148 valence electrons. The maximum Gasteiger partial charge on any atom is 0.284 e. The summed E-state index contributed by atoms with van der Waals surface area (Å²) >= 11 is 0.589. The largest absolute Gasteiger partial charge is 0.714 e. The molecule has 11 nitrogen and oxygen atoms in total. The van der Waals surface area contributed by atoms with Crippen molar-refractivity contribution in [2.24, 2.45) is 5.16 Å². The van der Waals surface area contributed by atoms with Gasteiger partial charge in [-0.3, -0.25) is 4.28 Å². The molecule has 1 heterocycles. The molecule has 1 saturated heterocycles. The van der Waals surface area contributed by atoms with E-state index in [-0.39, 0.29) is 17.9 Å². The Bertz CT molecular complexity index is 564. The molecule has 0 bridgehead atoms. The summed E-state index contributed by atoms with van der Waals surface area (Å²) in [5.74, 6) is 0. The van der Waals surface area contributed by atoms with Crippen LogP contribution in [0.25, 0.3) is 0 Å². The molecule has 6 atom stereocenters. The number of ether oxygens (including phenoxy) is 1. The molecule has 1 aliphatic heterocycles. The first-order valence-electron chi connectivity index (χ1n) is 7.31. The lowest BCUT2D eigenvalue weighted by molar-refractivity contribution is -0.205. The second kappa shape index (κ2) is 8.92. The molecule has 0 aromatic rings. The lowest BCUT2D eigenvalue weighted by Gasteiger charge is -2.39. The van der Waals surface area contributed by atoms with Crippen molar-refractivity contribution in [3.05, 3.63) is 0 Å². The van der Waals surface area contributed by atoms with E-state index in [2.05, 4.69) is 9.44 Å². The predicted molar refractivity (Wildman–Crippen MR) is 85.1 cm³/mol. The molecule has 1 fully saturated rings. The Kier molecular flexibility index (Phi) is 8.04. The predicted octanol–water partition coefficient (Wildman–Crippen LogP) is -2.14. The number of oxime groups is 1. The number of aliphatic hydroxyl groups excluding tert-OH is 4. The van der Waals surface area contributed by atoms with E-state index >= 15 is 0 Å². The minimum absolute atomic E-state index is 0.199. The summed E-state index contributed by atoms with van der Waals surface area (Å²) < 4.78 is 40.8. The van der Waals surface area contributed by atoms with Gasteiger partial charge in [0.2, 0.25) is 0 Å². The Morgan fingerprint density at radius 2 is 1.92 bits per heavy atom. The number of nitrogens with zero attached hydrogens (tertiary/aromatic N) is 1. The third kappa shape index (κ3) is 6.96. The van der Waals surface area contributed by atoms with Crippen LogP contribution in [0.3, 0.4) is 0 Å². The van der Waals surface area contributed by atoms with Crippen molar-refractivity contribution in [2.45, 2.75) is 62.1 Å². The van der Waals surface area contributed by atoms with Crippen LogP contribution in [-0.2, 0) is 19.4 Å². The van der Waals surface area contributed by atoms with Gasteiger partial charge in [-0.1, -0.05) is 23.8 Å². The number of hydrogen-bond donors (Lipinski definition) is 5. The third-order valence-electron chi connectivity index (χ3n) is 3.62. The fourth-order valence-corrected chi connectivity index (χ4v) is 3.40. The zero-order valence-corrected chi connectivity index (χ0v) is 15.2. The molecule has 0 radical (unpaired) electrons. The Labute approximate surface area is 149 Å². The van der Waals surface area contributed by atoms with Gasteiger partial charge in [-0.25, -0.2) is 0 Å². The van der Waals surface area contributed by atoms with Gasteiger partial charge in [-0.15, -0.1) is 0 Å². The standard InChI is InChI=1S/C12H23NO10S2/c1-3-12(2,18)4-7(13-23-25(19,20)21)24-11-10(17)9(16)8(15)6(5-14)22-11/h6,8-11,14-18H,3-5H2,1-2H3,(H,19,20,21)/p-1/t6-,8-,9+,10-,11+,12?/m1/s1. The van der Waals surface area contributed by atoms with Crippen LogP contribution in [0, 0.1) is 0 Å². The third-order valence-corrected chi connectivity index (χ3v) is 5.00. The van der Waals surface area contributed by atoms with Gasteiger partial charge < -0.3 is 34.8 Å². The van der Waals surface area contributed by atoms with Gasteiger partial charge in [0.15, 0.2) is 0 Å². The average Bonchev–Trinajstić information content (AvgIpc) is 2.52. The van der Waals surface area contributed by atoms with E-state index in [1.54, 1.807) is 6.92 Å². The molecule has 0 aliphatic carbocycles. The Balaban J connectivity index is 2.99. The van der Waals surface area contributed by atoms with Crippen molar-refractivity contribution in [1.82, 2.24) is 0 Å². The topological polar surface area (TPSA) is 189 Å². The van der Waals surface area contributed by atoms with Crippen LogP contribution in [-0.4, -0.2) is 85.6 Å². The second-order valence-corrected chi connectivity index (χ2v) is 7.95. The van der Waals surface area contributed by atoms with Crippen LogP contribution < -0.4 is 0 Å². The van der Waals surface area contributed by atoms with Gasteiger partial charge in [-0.05, 0) is 13.3 Å². The quantitative estimate of drug-likeness (QED) is 0.102. The minimum Gasteiger partial charge on any atom is -0.714 e. The van der Waals surface area contributed by atoms with Crippen LogP contribution in [0.5, 0.6) is 0 Å². The SMILES string of the molecule is CCC(C)(O)CC(=NOS(=O)(=O)[O-])S[C@@H]1O[C@H](CO)[C@@H](O)[C@H](O)[C@H]1O. The fourth-order valence-electron chi connectivity index (χ4n) is 1.93. The van der Waals surface area contributed by atoms with E-state index in [4.69, 9.17) is 9.84 Å². The summed E-state index contributed by atoms with van der Waals surface area (Å²) in [5.41, 5.74) is -2.59. The van der Waals surface area contributed by atoms with Crippen LogP contribution in [0.2, 0.25) is 0 Å².